The van der Waals surface area contributed by atoms with Gasteiger partial charge in [-0.2, -0.15) is 0 Å². The van der Waals surface area contributed by atoms with Crippen LogP contribution in [0.5, 0.6) is 0 Å². The molecular formula is C24H39N3O4. The minimum atomic E-state index is -0.522. The van der Waals surface area contributed by atoms with Crippen LogP contribution >= 0.6 is 0 Å². The molecule has 2 rings (SSSR count). The summed E-state index contributed by atoms with van der Waals surface area (Å²) in [6.07, 6.45) is 1.27. The van der Waals surface area contributed by atoms with Gasteiger partial charge in [0, 0.05) is 24.8 Å². The van der Waals surface area contributed by atoms with Gasteiger partial charge >= 0.3 is 12.2 Å². The number of nitrogens with one attached hydrogen (secondary N) is 2. The van der Waals surface area contributed by atoms with E-state index < -0.39 is 17.3 Å². The molecule has 1 unspecified atom stereocenters. The topological polar surface area (TPSA) is 79.9 Å². The number of amides is 2. The Kier molecular flexibility index (Phi) is 8.34. The van der Waals surface area contributed by atoms with E-state index in [2.05, 4.69) is 17.6 Å². The second-order valence-corrected chi connectivity index (χ2v) is 10.3. The monoisotopic (exact) mass is 433 g/mol. The molecule has 0 bridgehead atoms. The molecular weight excluding hydrogens is 394 g/mol. The third-order valence-corrected chi connectivity index (χ3v) is 5.03. The van der Waals surface area contributed by atoms with Crippen LogP contribution in [-0.4, -0.2) is 47.9 Å². The average molecular weight is 434 g/mol. The highest BCUT2D eigenvalue weighted by molar-refractivity contribution is 5.84. The van der Waals surface area contributed by atoms with E-state index >= 15 is 0 Å². The maximum atomic E-state index is 12.2. The number of piperidine rings is 1. The number of anilines is 1. The highest BCUT2D eigenvalue weighted by Gasteiger charge is 2.27. The van der Waals surface area contributed by atoms with E-state index in [0.29, 0.717) is 11.6 Å². The maximum Gasteiger partial charge on any atom is 0.412 e. The van der Waals surface area contributed by atoms with Crippen LogP contribution in [0.2, 0.25) is 0 Å². The lowest BCUT2D eigenvalue weighted by Gasteiger charge is -2.34. The van der Waals surface area contributed by atoms with Crippen molar-refractivity contribution < 1.29 is 19.1 Å². The number of carbonyl (C=O) groups is 2. The summed E-state index contributed by atoms with van der Waals surface area (Å²) in [5, 5.41) is 6.35. The number of nitrogens with zero attached hydrogens (tertiary/aromatic N) is 1. The minimum absolute atomic E-state index is 0.194. The summed E-state index contributed by atoms with van der Waals surface area (Å²) in [4.78, 5) is 25.9. The van der Waals surface area contributed by atoms with E-state index in [-0.39, 0.29) is 12.1 Å². The van der Waals surface area contributed by atoms with Crippen molar-refractivity contribution >= 4 is 17.9 Å². The predicted molar refractivity (Wildman–Crippen MR) is 123 cm³/mol. The zero-order valence-corrected chi connectivity index (χ0v) is 20.1. The van der Waals surface area contributed by atoms with Gasteiger partial charge in [-0.1, -0.05) is 12.1 Å². The van der Waals surface area contributed by atoms with Gasteiger partial charge in [0.25, 0.3) is 0 Å². The molecule has 0 spiro atoms. The summed E-state index contributed by atoms with van der Waals surface area (Å²) in [5.74, 6) is 0.536. The van der Waals surface area contributed by atoms with Crippen molar-refractivity contribution in [1.29, 1.82) is 0 Å². The standard InChI is InChI=1S/C24H39N3O4/c1-17(19-8-10-20(11-9-19)26-21(28)30-23(2,3)4)25-16-18-12-14-27(15-13-18)22(29)31-24(5,6)7/h8-11,17-18,25H,12-16H2,1-7H3,(H,26,28). The number of hydrogen-bond acceptors (Lipinski definition) is 5. The van der Waals surface area contributed by atoms with Crippen molar-refractivity contribution in [3.63, 3.8) is 0 Å². The summed E-state index contributed by atoms with van der Waals surface area (Å²) < 4.78 is 10.7. The Morgan fingerprint density at radius 2 is 1.55 bits per heavy atom. The molecule has 1 aliphatic rings. The van der Waals surface area contributed by atoms with Crippen molar-refractivity contribution in [3.8, 4) is 0 Å². The van der Waals surface area contributed by atoms with Gasteiger partial charge in [0.1, 0.15) is 11.2 Å². The first kappa shape index (κ1) is 25.0. The fourth-order valence-corrected chi connectivity index (χ4v) is 3.38. The van der Waals surface area contributed by atoms with Crippen molar-refractivity contribution in [2.45, 2.75) is 78.6 Å². The lowest BCUT2D eigenvalue weighted by atomic mass is 9.96. The van der Waals surface area contributed by atoms with Gasteiger partial charge in [-0.25, -0.2) is 9.59 Å². The minimum Gasteiger partial charge on any atom is -0.444 e. The van der Waals surface area contributed by atoms with Gasteiger partial charge < -0.3 is 19.7 Å². The molecule has 1 aromatic rings. The van der Waals surface area contributed by atoms with Gasteiger partial charge in [-0.05, 0) is 91.5 Å². The van der Waals surface area contributed by atoms with Crippen LogP contribution in [0, 0.1) is 5.92 Å². The van der Waals surface area contributed by atoms with E-state index in [9.17, 15) is 9.59 Å². The molecule has 1 saturated heterocycles. The fraction of sp³-hybridized carbons (Fsp3) is 0.667. The molecule has 7 heteroatoms. The quantitative estimate of drug-likeness (QED) is 0.656. The van der Waals surface area contributed by atoms with Crippen LogP contribution in [0.3, 0.4) is 0 Å². The van der Waals surface area contributed by atoms with Crippen molar-refractivity contribution in [3.05, 3.63) is 29.8 Å². The first-order valence-corrected chi connectivity index (χ1v) is 11.1. The zero-order chi connectivity index (χ0) is 23.2. The summed E-state index contributed by atoms with van der Waals surface area (Å²) in [5.41, 5.74) is 0.884. The lowest BCUT2D eigenvalue weighted by molar-refractivity contribution is 0.0183. The Bertz CT molecular complexity index is 727. The summed E-state index contributed by atoms with van der Waals surface area (Å²) in [6.45, 7) is 15.7. The lowest BCUT2D eigenvalue weighted by Crippen LogP contribution is -2.43. The largest absolute Gasteiger partial charge is 0.444 e. The molecule has 7 nitrogen and oxygen atoms in total. The van der Waals surface area contributed by atoms with E-state index in [4.69, 9.17) is 9.47 Å². The van der Waals surface area contributed by atoms with Crippen molar-refractivity contribution in [2.75, 3.05) is 25.0 Å². The third-order valence-electron chi connectivity index (χ3n) is 5.03. The number of hydrogen-bond donors (Lipinski definition) is 2. The molecule has 2 amide bonds. The molecule has 0 aliphatic carbocycles. The summed E-state index contributed by atoms with van der Waals surface area (Å²) >= 11 is 0. The maximum absolute atomic E-state index is 12.2. The summed E-state index contributed by atoms with van der Waals surface area (Å²) in [6, 6.07) is 7.98. The number of likely N-dealkylation sites (tertiary alicyclic amines) is 1. The predicted octanol–water partition coefficient (Wildman–Crippen LogP) is 5.33. The van der Waals surface area contributed by atoms with Gasteiger partial charge in [-0.15, -0.1) is 0 Å². The first-order chi connectivity index (χ1) is 14.3. The molecule has 0 saturated carbocycles. The Labute approximate surface area is 186 Å². The molecule has 1 aliphatic heterocycles. The SMILES string of the molecule is CC(NCC1CCN(C(=O)OC(C)(C)C)CC1)c1ccc(NC(=O)OC(C)(C)C)cc1. The average Bonchev–Trinajstić information content (AvgIpc) is 2.64. The fourth-order valence-electron chi connectivity index (χ4n) is 3.38. The van der Waals surface area contributed by atoms with E-state index in [1.54, 1.807) is 0 Å². The Balaban J connectivity index is 1.75. The molecule has 31 heavy (non-hydrogen) atoms. The number of carbonyl (C=O) groups excluding carboxylic acids is 2. The van der Waals surface area contributed by atoms with E-state index in [1.165, 1.54) is 0 Å². The van der Waals surface area contributed by atoms with E-state index in [1.807, 2.05) is 70.7 Å². The second kappa shape index (κ2) is 10.4. The smallest absolute Gasteiger partial charge is 0.412 e. The van der Waals surface area contributed by atoms with Gasteiger partial charge in [0.2, 0.25) is 0 Å². The first-order valence-electron chi connectivity index (χ1n) is 11.1. The Hall–Kier alpha value is -2.28. The van der Waals surface area contributed by atoms with E-state index in [0.717, 1.165) is 38.0 Å². The van der Waals surface area contributed by atoms with Gasteiger partial charge in [0.05, 0.1) is 0 Å². The second-order valence-electron chi connectivity index (χ2n) is 10.3. The van der Waals surface area contributed by atoms with Crippen LogP contribution in [0.15, 0.2) is 24.3 Å². The number of rotatable bonds is 5. The Morgan fingerprint density at radius 3 is 2.06 bits per heavy atom. The van der Waals surface area contributed by atoms with Gasteiger partial charge in [-0.3, -0.25) is 5.32 Å². The molecule has 0 aromatic heterocycles. The van der Waals surface area contributed by atoms with Crippen LogP contribution in [0.4, 0.5) is 15.3 Å². The third kappa shape index (κ3) is 9.17. The normalized spacial score (nSPS) is 16.5. The molecule has 1 fully saturated rings. The molecule has 1 heterocycles. The van der Waals surface area contributed by atoms with Gasteiger partial charge in [0.15, 0.2) is 0 Å². The molecule has 174 valence electrons. The summed E-state index contributed by atoms with van der Waals surface area (Å²) in [7, 11) is 0. The highest BCUT2D eigenvalue weighted by atomic mass is 16.6. The number of ether oxygens (including phenoxy) is 2. The molecule has 0 radical (unpaired) electrons. The van der Waals surface area contributed by atoms with Crippen LogP contribution in [0.1, 0.15) is 72.9 Å². The number of benzene rings is 1. The van der Waals surface area contributed by atoms with Crippen molar-refractivity contribution in [1.82, 2.24) is 10.2 Å². The van der Waals surface area contributed by atoms with Crippen LogP contribution in [-0.2, 0) is 9.47 Å². The molecule has 2 N–H and O–H groups in total. The zero-order valence-electron chi connectivity index (χ0n) is 20.1. The highest BCUT2D eigenvalue weighted by Crippen LogP contribution is 2.21. The van der Waals surface area contributed by atoms with Crippen molar-refractivity contribution in [2.24, 2.45) is 5.92 Å². The molecule has 1 atom stereocenters. The molecule has 1 aromatic carbocycles. The Morgan fingerprint density at radius 1 is 1.00 bits per heavy atom. The van der Waals surface area contributed by atoms with Crippen LogP contribution in [0.25, 0.3) is 0 Å². The van der Waals surface area contributed by atoms with Crippen LogP contribution < -0.4 is 10.6 Å².